The molecule has 4 N–H and O–H groups in total. The summed E-state index contributed by atoms with van der Waals surface area (Å²) in [6, 6.07) is 4.03. The van der Waals surface area contributed by atoms with Crippen LogP contribution in [0.5, 0.6) is 0 Å². The molecule has 2 aromatic carbocycles. The minimum absolute atomic E-state index is 0.0844. The van der Waals surface area contributed by atoms with Crippen LogP contribution in [0.4, 0.5) is 11.4 Å². The average molecular weight is 1600 g/mol. The van der Waals surface area contributed by atoms with Gasteiger partial charge in [0.25, 0.3) is 0 Å². The number of nitrogens with two attached hydrogens (primary N) is 2. The molecule has 0 radical (unpaired) electrons. The Labute approximate surface area is 482 Å². The molecule has 2 aromatic rings. The maximum Gasteiger partial charge on any atom is 0.306 e. The van der Waals surface area contributed by atoms with Crippen LogP contribution in [-0.4, -0.2) is 49.9 Å². The lowest BCUT2D eigenvalue weighted by molar-refractivity contribution is -0.155. The Morgan fingerprint density at radius 2 is 1.31 bits per heavy atom. The number of fused-ring (bicyclic) bond motifs is 5. The van der Waals surface area contributed by atoms with Crippen molar-refractivity contribution in [1.82, 2.24) is 0 Å². The fourth-order valence-corrected chi connectivity index (χ4v) is 20.2. The first-order valence-corrected chi connectivity index (χ1v) is 30.9. The molecule has 0 saturated heterocycles. The average Bonchev–Trinajstić information content (AvgIpc) is 3.64. The van der Waals surface area contributed by atoms with E-state index in [2.05, 4.69) is 176 Å². The van der Waals surface area contributed by atoms with E-state index in [0.717, 1.165) is 87.3 Å². The third-order valence-corrected chi connectivity index (χ3v) is 22.2. The minimum Gasteiger partial charge on any atom is -0.463 e. The largest absolute Gasteiger partial charge is 0.463 e. The number of hydrogen-bond acceptors (Lipinski definition) is 9. The topological polar surface area (TPSA) is 140 Å². The van der Waals surface area contributed by atoms with Gasteiger partial charge in [0, 0.05) is 53.7 Å². The van der Waals surface area contributed by atoms with E-state index in [1.165, 1.54) is 56.9 Å². The summed E-state index contributed by atoms with van der Waals surface area (Å²) in [6.45, 7) is 12.5. The van der Waals surface area contributed by atoms with Gasteiger partial charge in [-0.1, -0.05) is 65.5 Å². The lowest BCUT2D eigenvalue weighted by Gasteiger charge is -2.58. The number of nitrogen functional groups attached to an aromatic ring is 2. The van der Waals surface area contributed by atoms with Crippen LogP contribution < -0.4 is 11.5 Å². The zero-order valence-corrected chi connectivity index (χ0v) is 52.7. The Morgan fingerprint density at radius 3 is 1.90 bits per heavy atom. The summed E-state index contributed by atoms with van der Waals surface area (Å²) < 4.78 is 29.6. The zero-order valence-electron chi connectivity index (χ0n) is 39.8. The highest BCUT2D eigenvalue weighted by Crippen LogP contribution is 2.67. The summed E-state index contributed by atoms with van der Waals surface area (Å²) in [5.41, 5.74) is 18.2. The summed E-state index contributed by atoms with van der Waals surface area (Å²) in [5, 5.41) is 0. The van der Waals surface area contributed by atoms with Crippen LogP contribution in [0, 0.1) is 67.8 Å². The second-order valence-corrected chi connectivity index (χ2v) is 27.5. The smallest absolute Gasteiger partial charge is 0.306 e. The van der Waals surface area contributed by atoms with Crippen LogP contribution in [0.2, 0.25) is 0 Å². The quantitative estimate of drug-likeness (QED) is 0.0312. The molecule has 0 amide bonds. The molecule has 9 nitrogen and oxygen atoms in total. The van der Waals surface area contributed by atoms with Crippen molar-refractivity contribution in [2.45, 2.75) is 156 Å². The van der Waals surface area contributed by atoms with Crippen molar-refractivity contribution in [3.63, 3.8) is 0 Å². The summed E-state index contributed by atoms with van der Waals surface area (Å²) in [5.74, 6) is 3.80. The molecule has 0 bridgehead atoms. The highest BCUT2D eigenvalue weighted by Gasteiger charge is 2.59. The molecule has 0 unspecified atom stereocenters. The van der Waals surface area contributed by atoms with Crippen LogP contribution in [0.25, 0.3) is 0 Å². The predicted molar refractivity (Wildman–Crippen MR) is 318 cm³/mol. The molecule has 3 saturated carbocycles. The van der Waals surface area contributed by atoms with Crippen molar-refractivity contribution < 1.29 is 33.3 Å². The molecule has 3 fully saturated rings. The van der Waals surface area contributed by atoms with E-state index in [1.54, 1.807) is 0 Å². The van der Waals surface area contributed by atoms with Gasteiger partial charge >= 0.3 is 17.9 Å². The zero-order chi connectivity index (χ0) is 48.8. The number of allylic oxidation sites excluding steroid dienone is 1. The Hall–Kier alpha value is 0.530. The summed E-state index contributed by atoms with van der Waals surface area (Å²) in [4.78, 5) is 39.4. The van der Waals surface area contributed by atoms with E-state index in [1.807, 2.05) is 12.1 Å². The number of hydrogen-bond donors (Lipinski definition) is 2. The van der Waals surface area contributed by atoms with E-state index < -0.39 is 6.10 Å². The van der Waals surface area contributed by atoms with E-state index in [4.69, 9.17) is 30.4 Å². The Balaban J connectivity index is 0.982. The number of benzene rings is 2. The van der Waals surface area contributed by atoms with E-state index in [-0.39, 0.29) is 68.5 Å². The maximum atomic E-state index is 13.3. The van der Waals surface area contributed by atoms with Crippen LogP contribution in [0.3, 0.4) is 0 Å². The van der Waals surface area contributed by atoms with Crippen molar-refractivity contribution in [2.75, 3.05) is 31.3 Å². The molecule has 4 aliphatic carbocycles. The SMILES string of the molecule is CC(C)CCC[C@@H](C)[C@H]1CC[C@H]2[C@@H]3CC=C4C[C@@H](OC(=O)CCCOC(COC(=O)CCc5c(I)cc(I)c(N)c5I)COC(=O)CCc5c(I)cc(I)c(N)c5I)CC[C@]4(C)[C@H]3CC[C@]12C. The second kappa shape index (κ2) is 25.7. The fraction of sp³-hybridized carbons (Fsp3) is 0.673. The number of anilines is 2. The van der Waals surface area contributed by atoms with Crippen molar-refractivity contribution in [2.24, 2.45) is 46.3 Å². The van der Waals surface area contributed by atoms with Gasteiger partial charge in [0.1, 0.15) is 25.4 Å². The first kappa shape index (κ1) is 56.8. The third-order valence-electron chi connectivity index (χ3n) is 16.1. The molecule has 372 valence electrons. The first-order valence-electron chi connectivity index (χ1n) is 24.4. The van der Waals surface area contributed by atoms with Gasteiger partial charge in [-0.05, 0) is 269 Å². The van der Waals surface area contributed by atoms with E-state index in [0.29, 0.717) is 36.1 Å². The molecular formula is C52H70I6N2O7. The maximum absolute atomic E-state index is 13.3. The third kappa shape index (κ3) is 14.2. The summed E-state index contributed by atoms with van der Waals surface area (Å²) >= 11 is 13.5. The van der Waals surface area contributed by atoms with Crippen LogP contribution in [0.15, 0.2) is 23.8 Å². The number of ether oxygens (including phenoxy) is 4. The molecule has 4 aliphatic rings. The molecule has 15 heteroatoms. The van der Waals surface area contributed by atoms with Gasteiger partial charge in [-0.25, -0.2) is 0 Å². The van der Waals surface area contributed by atoms with Crippen molar-refractivity contribution >= 4 is 165 Å². The van der Waals surface area contributed by atoms with Gasteiger partial charge in [0.2, 0.25) is 0 Å². The molecule has 0 spiro atoms. The minimum atomic E-state index is -0.698. The number of halogens is 6. The highest BCUT2D eigenvalue weighted by molar-refractivity contribution is 14.1. The predicted octanol–water partition coefficient (Wildman–Crippen LogP) is 14.2. The van der Waals surface area contributed by atoms with Crippen LogP contribution in [0.1, 0.15) is 142 Å². The van der Waals surface area contributed by atoms with Crippen molar-refractivity contribution in [1.29, 1.82) is 0 Å². The molecule has 0 aliphatic heterocycles. The Morgan fingerprint density at radius 1 is 0.716 bits per heavy atom. The van der Waals surface area contributed by atoms with Gasteiger partial charge in [0.05, 0.1) is 11.4 Å². The lowest BCUT2D eigenvalue weighted by atomic mass is 9.47. The fourth-order valence-electron chi connectivity index (χ4n) is 12.3. The van der Waals surface area contributed by atoms with E-state index >= 15 is 0 Å². The van der Waals surface area contributed by atoms with Gasteiger partial charge < -0.3 is 30.4 Å². The summed E-state index contributed by atoms with van der Waals surface area (Å²) in [6.07, 6.45) is 17.3. The van der Waals surface area contributed by atoms with Crippen molar-refractivity contribution in [3.05, 3.63) is 56.3 Å². The number of esters is 3. The standard InChI is InChI=1S/C52H70I6N2O7/c1-29(2)8-6-9-30(3)37-15-16-38-34-12-11-31-24-32(19-21-51(31,4)39(34)20-22-52(37,38)5)67-46(63)10-7-23-64-33(27-65-44(61)17-13-35-40(53)25-42(55)49(59)47(35)57)28-66-45(62)18-14-36-41(54)26-43(56)50(60)48(36)58/h11,25-26,29-30,32-34,37-39H,6-10,12-24,27-28,59-60H2,1-5H3/t30-,32+,34+,37-,38+,39+,51+,52-/m1/s1. The van der Waals surface area contributed by atoms with Gasteiger partial charge in [-0.15, -0.1) is 0 Å². The van der Waals surface area contributed by atoms with Gasteiger partial charge in [-0.3, -0.25) is 14.4 Å². The molecular weight excluding hydrogens is 1530 g/mol. The lowest BCUT2D eigenvalue weighted by Crippen LogP contribution is -2.51. The molecule has 6 rings (SSSR count). The van der Waals surface area contributed by atoms with E-state index in [9.17, 15) is 14.4 Å². The van der Waals surface area contributed by atoms with Crippen LogP contribution >= 0.6 is 136 Å². The monoisotopic (exact) mass is 1600 g/mol. The Kier molecular flexibility index (Phi) is 21.8. The second-order valence-electron chi connectivity index (χ2n) is 20.7. The van der Waals surface area contributed by atoms with Gasteiger partial charge in [-0.2, -0.15) is 0 Å². The number of carbonyl (C=O) groups excluding carboxylic acids is 3. The molecule has 0 heterocycles. The normalized spacial score (nSPS) is 26.1. The summed E-state index contributed by atoms with van der Waals surface area (Å²) in [7, 11) is 0. The first-order chi connectivity index (χ1) is 31.7. The van der Waals surface area contributed by atoms with Crippen LogP contribution in [-0.2, 0) is 46.2 Å². The Bertz CT molecular complexity index is 2050. The number of carbonyl (C=O) groups is 3. The van der Waals surface area contributed by atoms with Crippen molar-refractivity contribution in [3.8, 4) is 0 Å². The van der Waals surface area contributed by atoms with Gasteiger partial charge in [0.15, 0.2) is 0 Å². The molecule has 0 aromatic heterocycles. The molecule has 67 heavy (non-hydrogen) atoms. The highest BCUT2D eigenvalue weighted by atomic mass is 127. The molecule has 8 atom stereocenters. The number of rotatable bonds is 21.